The van der Waals surface area contributed by atoms with Crippen molar-refractivity contribution in [3.05, 3.63) is 24.8 Å². The van der Waals surface area contributed by atoms with E-state index in [1.807, 2.05) is 6.08 Å². The van der Waals surface area contributed by atoms with Crippen LogP contribution < -0.4 is 0 Å². The Morgan fingerprint density at radius 3 is 2.75 bits per heavy atom. The summed E-state index contributed by atoms with van der Waals surface area (Å²) in [6, 6.07) is 0. The van der Waals surface area contributed by atoms with Crippen LogP contribution in [-0.4, -0.2) is 0 Å². The SMILES string of the molecule is C=CC=CCC(CCC)C1CC1. The van der Waals surface area contributed by atoms with E-state index >= 15 is 0 Å². The Bertz CT molecular complexity index is 151. The smallest absolute Gasteiger partial charge is 0.0316 e. The second kappa shape index (κ2) is 5.18. The van der Waals surface area contributed by atoms with Gasteiger partial charge in [0.15, 0.2) is 0 Å². The topological polar surface area (TPSA) is 0 Å². The molecule has 12 heavy (non-hydrogen) atoms. The van der Waals surface area contributed by atoms with E-state index in [9.17, 15) is 0 Å². The number of allylic oxidation sites excluding steroid dienone is 3. The van der Waals surface area contributed by atoms with Crippen molar-refractivity contribution < 1.29 is 0 Å². The van der Waals surface area contributed by atoms with Crippen molar-refractivity contribution in [2.75, 3.05) is 0 Å². The summed E-state index contributed by atoms with van der Waals surface area (Å²) < 4.78 is 0. The average Bonchev–Trinajstić information content (AvgIpc) is 2.86. The van der Waals surface area contributed by atoms with Gasteiger partial charge in [0.25, 0.3) is 0 Å². The summed E-state index contributed by atoms with van der Waals surface area (Å²) in [7, 11) is 0. The van der Waals surface area contributed by atoms with Crippen molar-refractivity contribution in [2.45, 2.75) is 39.0 Å². The van der Waals surface area contributed by atoms with E-state index in [0.717, 1.165) is 11.8 Å². The zero-order chi connectivity index (χ0) is 8.81. The van der Waals surface area contributed by atoms with Gasteiger partial charge in [0.1, 0.15) is 0 Å². The zero-order valence-corrected chi connectivity index (χ0v) is 8.13. The molecule has 0 nitrogen and oxygen atoms in total. The van der Waals surface area contributed by atoms with Crippen LogP contribution in [0.1, 0.15) is 39.0 Å². The Hall–Kier alpha value is -0.520. The Kier molecular flexibility index (Phi) is 4.13. The maximum absolute atomic E-state index is 3.68. The maximum Gasteiger partial charge on any atom is -0.0316 e. The fourth-order valence-corrected chi connectivity index (χ4v) is 1.83. The van der Waals surface area contributed by atoms with Gasteiger partial charge < -0.3 is 0 Å². The lowest BCUT2D eigenvalue weighted by atomic mass is 9.94. The Balaban J connectivity index is 2.22. The second-order valence-corrected chi connectivity index (χ2v) is 3.79. The van der Waals surface area contributed by atoms with Crippen LogP contribution in [0.3, 0.4) is 0 Å². The molecular weight excluding hydrogens is 144 g/mol. The first kappa shape index (κ1) is 9.57. The highest BCUT2D eigenvalue weighted by Crippen LogP contribution is 2.40. The summed E-state index contributed by atoms with van der Waals surface area (Å²) in [5, 5.41) is 0. The fraction of sp³-hybridized carbons (Fsp3) is 0.667. The first-order valence-corrected chi connectivity index (χ1v) is 5.16. The molecule has 1 unspecified atom stereocenters. The van der Waals surface area contributed by atoms with E-state index in [4.69, 9.17) is 0 Å². The highest BCUT2D eigenvalue weighted by atomic mass is 14.3. The zero-order valence-electron chi connectivity index (χ0n) is 8.13. The summed E-state index contributed by atoms with van der Waals surface area (Å²) in [5.74, 6) is 2.02. The number of hydrogen-bond acceptors (Lipinski definition) is 0. The number of hydrogen-bond donors (Lipinski definition) is 0. The standard InChI is InChI=1S/C12H20/c1-3-5-6-8-11(7-4-2)12-9-10-12/h3,5-6,11-12H,1,4,7-10H2,2H3. The van der Waals surface area contributed by atoms with Gasteiger partial charge in [-0.25, -0.2) is 0 Å². The lowest BCUT2D eigenvalue weighted by molar-refractivity contribution is 0.428. The minimum atomic E-state index is 0.964. The molecule has 0 aromatic rings. The van der Waals surface area contributed by atoms with Gasteiger partial charge in [0.2, 0.25) is 0 Å². The quantitative estimate of drug-likeness (QED) is 0.521. The lowest BCUT2D eigenvalue weighted by Crippen LogP contribution is -2.00. The number of rotatable bonds is 6. The fourth-order valence-electron chi connectivity index (χ4n) is 1.83. The molecule has 1 saturated carbocycles. The molecule has 0 N–H and O–H groups in total. The Morgan fingerprint density at radius 1 is 1.50 bits per heavy atom. The molecule has 1 rings (SSSR count). The van der Waals surface area contributed by atoms with Crippen molar-refractivity contribution in [2.24, 2.45) is 11.8 Å². The van der Waals surface area contributed by atoms with Crippen molar-refractivity contribution in [1.29, 1.82) is 0 Å². The minimum Gasteiger partial charge on any atom is -0.0991 e. The van der Waals surface area contributed by atoms with E-state index < -0.39 is 0 Å². The molecular formula is C12H20. The first-order valence-electron chi connectivity index (χ1n) is 5.16. The van der Waals surface area contributed by atoms with Crippen LogP contribution in [-0.2, 0) is 0 Å². The predicted octanol–water partition coefficient (Wildman–Crippen LogP) is 3.95. The highest BCUT2D eigenvalue weighted by Gasteiger charge is 2.29. The van der Waals surface area contributed by atoms with E-state index in [0.29, 0.717) is 0 Å². The monoisotopic (exact) mass is 164 g/mol. The van der Waals surface area contributed by atoms with Crippen LogP contribution in [0.5, 0.6) is 0 Å². The summed E-state index contributed by atoms with van der Waals surface area (Å²) in [6.45, 7) is 5.96. The lowest BCUT2D eigenvalue weighted by Gasteiger charge is -2.11. The molecule has 1 aliphatic rings. The molecule has 0 amide bonds. The normalized spacial score (nSPS) is 19.8. The van der Waals surface area contributed by atoms with Crippen LogP contribution >= 0.6 is 0 Å². The van der Waals surface area contributed by atoms with E-state index in [2.05, 4.69) is 25.7 Å². The van der Waals surface area contributed by atoms with Crippen molar-refractivity contribution in [3.63, 3.8) is 0 Å². The van der Waals surface area contributed by atoms with Crippen LogP contribution in [0.4, 0.5) is 0 Å². The van der Waals surface area contributed by atoms with Crippen LogP contribution in [0.15, 0.2) is 24.8 Å². The molecule has 0 aromatic heterocycles. The van der Waals surface area contributed by atoms with E-state index in [1.165, 1.54) is 32.1 Å². The van der Waals surface area contributed by atoms with Gasteiger partial charge in [-0.3, -0.25) is 0 Å². The summed E-state index contributed by atoms with van der Waals surface area (Å²) >= 11 is 0. The minimum absolute atomic E-state index is 0.964. The van der Waals surface area contributed by atoms with Gasteiger partial charge in [-0.1, -0.05) is 44.6 Å². The van der Waals surface area contributed by atoms with E-state index in [-0.39, 0.29) is 0 Å². The van der Waals surface area contributed by atoms with Gasteiger partial charge in [0, 0.05) is 0 Å². The second-order valence-electron chi connectivity index (χ2n) is 3.79. The van der Waals surface area contributed by atoms with Crippen molar-refractivity contribution >= 4 is 0 Å². The highest BCUT2D eigenvalue weighted by molar-refractivity contribution is 4.99. The Morgan fingerprint density at radius 2 is 2.25 bits per heavy atom. The van der Waals surface area contributed by atoms with Crippen molar-refractivity contribution in [1.82, 2.24) is 0 Å². The molecule has 0 bridgehead atoms. The molecule has 0 aliphatic heterocycles. The van der Waals surface area contributed by atoms with Gasteiger partial charge in [-0.15, -0.1) is 0 Å². The molecule has 0 aromatic carbocycles. The summed E-state index contributed by atoms with van der Waals surface area (Å²) in [5.41, 5.74) is 0. The molecule has 1 fully saturated rings. The largest absolute Gasteiger partial charge is 0.0991 e. The molecule has 0 heteroatoms. The third-order valence-electron chi connectivity index (χ3n) is 2.66. The third kappa shape index (κ3) is 3.25. The molecule has 0 radical (unpaired) electrons. The molecule has 0 heterocycles. The maximum atomic E-state index is 3.68. The van der Waals surface area contributed by atoms with Gasteiger partial charge in [-0.05, 0) is 31.1 Å². The summed E-state index contributed by atoms with van der Waals surface area (Å²) in [6.07, 6.45) is 13.2. The van der Waals surface area contributed by atoms with Crippen LogP contribution in [0.2, 0.25) is 0 Å². The van der Waals surface area contributed by atoms with Crippen molar-refractivity contribution in [3.8, 4) is 0 Å². The van der Waals surface area contributed by atoms with E-state index in [1.54, 1.807) is 0 Å². The molecule has 0 saturated heterocycles. The Labute approximate surface area is 76.4 Å². The molecule has 1 atom stereocenters. The average molecular weight is 164 g/mol. The van der Waals surface area contributed by atoms with Gasteiger partial charge in [0.05, 0.1) is 0 Å². The first-order chi connectivity index (χ1) is 5.88. The van der Waals surface area contributed by atoms with Gasteiger partial charge in [-0.2, -0.15) is 0 Å². The predicted molar refractivity (Wildman–Crippen MR) is 55.1 cm³/mol. The third-order valence-corrected chi connectivity index (χ3v) is 2.66. The molecule has 1 aliphatic carbocycles. The van der Waals surface area contributed by atoms with Gasteiger partial charge >= 0.3 is 0 Å². The van der Waals surface area contributed by atoms with Crippen LogP contribution in [0, 0.1) is 11.8 Å². The molecule has 0 spiro atoms. The summed E-state index contributed by atoms with van der Waals surface area (Å²) in [4.78, 5) is 0. The van der Waals surface area contributed by atoms with Crippen LogP contribution in [0.25, 0.3) is 0 Å². The molecule has 68 valence electrons.